The molecule has 0 aliphatic heterocycles. The van der Waals surface area contributed by atoms with E-state index in [1.807, 2.05) is 36.4 Å². The van der Waals surface area contributed by atoms with Crippen LogP contribution in [0.25, 0.3) is 11.1 Å². The monoisotopic (exact) mass is 351 g/mol. The van der Waals surface area contributed by atoms with Gasteiger partial charge in [0.15, 0.2) is 11.5 Å². The Morgan fingerprint density at radius 2 is 1.69 bits per heavy atom. The molecule has 6 heteroatoms. The van der Waals surface area contributed by atoms with E-state index in [0.717, 1.165) is 22.3 Å². The van der Waals surface area contributed by atoms with E-state index in [9.17, 15) is 0 Å². The molecule has 0 aliphatic rings. The van der Waals surface area contributed by atoms with Crippen molar-refractivity contribution < 1.29 is 14.7 Å². The van der Waals surface area contributed by atoms with Gasteiger partial charge in [-0.2, -0.15) is 0 Å². The second-order valence-corrected chi connectivity index (χ2v) is 5.83. The molecule has 0 aliphatic carbocycles. The van der Waals surface area contributed by atoms with Crippen LogP contribution in [0.5, 0.6) is 11.5 Å². The van der Waals surface area contributed by atoms with Crippen molar-refractivity contribution >= 4 is 11.5 Å². The summed E-state index contributed by atoms with van der Waals surface area (Å²) in [4.78, 5) is 4.33. The second kappa shape index (κ2) is 7.76. The van der Waals surface area contributed by atoms with Crippen LogP contribution in [-0.2, 0) is 6.42 Å². The zero-order valence-corrected chi connectivity index (χ0v) is 14.7. The number of rotatable bonds is 6. The largest absolute Gasteiger partial charge is 0.493 e. The van der Waals surface area contributed by atoms with E-state index in [4.69, 9.17) is 20.4 Å². The first-order chi connectivity index (χ1) is 12.6. The van der Waals surface area contributed by atoms with Gasteiger partial charge in [0.05, 0.1) is 19.9 Å². The number of nitrogens with one attached hydrogen (secondary N) is 1. The molecule has 0 radical (unpaired) electrons. The van der Waals surface area contributed by atoms with Crippen LogP contribution in [0.2, 0.25) is 0 Å². The van der Waals surface area contributed by atoms with Gasteiger partial charge in [-0.05, 0) is 53.4 Å². The van der Waals surface area contributed by atoms with Crippen LogP contribution in [0.1, 0.15) is 11.1 Å². The molecular weight excluding hydrogens is 330 g/mol. The topological polar surface area (TPSA) is 89.6 Å². The van der Waals surface area contributed by atoms with Gasteiger partial charge in [0, 0.05) is 11.8 Å². The number of pyridine rings is 1. The van der Waals surface area contributed by atoms with Crippen molar-refractivity contribution in [2.75, 3.05) is 25.4 Å². The molecule has 6 nitrogen and oxygen atoms in total. The Balaban J connectivity index is 1.89. The van der Waals surface area contributed by atoms with E-state index in [2.05, 4.69) is 10.5 Å². The summed E-state index contributed by atoms with van der Waals surface area (Å²) in [6.45, 7) is 0. The highest BCUT2D eigenvalue weighted by atomic mass is 16.5. The minimum Gasteiger partial charge on any atom is -0.493 e. The van der Waals surface area contributed by atoms with Gasteiger partial charge in [0.2, 0.25) is 0 Å². The molecule has 0 spiro atoms. The number of methoxy groups -OCH3 is 2. The normalized spacial score (nSPS) is 10.4. The Morgan fingerprint density at radius 1 is 0.962 bits per heavy atom. The van der Waals surface area contributed by atoms with Crippen molar-refractivity contribution in [3.63, 3.8) is 0 Å². The minimum atomic E-state index is 0.464. The third-order valence-corrected chi connectivity index (χ3v) is 4.16. The summed E-state index contributed by atoms with van der Waals surface area (Å²) in [5.74, 6) is 1.86. The lowest BCUT2D eigenvalue weighted by Gasteiger charge is -2.11. The Kier molecular flexibility index (Phi) is 5.24. The van der Waals surface area contributed by atoms with E-state index < -0.39 is 0 Å². The maximum Gasteiger partial charge on any atom is 0.160 e. The Bertz CT molecular complexity index is 895. The van der Waals surface area contributed by atoms with Crippen LogP contribution >= 0.6 is 0 Å². The number of benzene rings is 2. The Hall–Kier alpha value is -3.25. The van der Waals surface area contributed by atoms with E-state index in [-0.39, 0.29) is 0 Å². The summed E-state index contributed by atoms with van der Waals surface area (Å²) >= 11 is 0. The number of ether oxygens (including phenoxy) is 2. The molecule has 0 bridgehead atoms. The molecule has 1 aromatic heterocycles. The highest BCUT2D eigenvalue weighted by Gasteiger charge is 2.09. The molecule has 0 saturated heterocycles. The first-order valence-corrected chi connectivity index (χ1v) is 8.10. The molecule has 0 amide bonds. The van der Waals surface area contributed by atoms with Crippen molar-refractivity contribution in [3.05, 3.63) is 65.9 Å². The zero-order valence-electron chi connectivity index (χ0n) is 14.7. The lowest BCUT2D eigenvalue weighted by atomic mass is 10.0. The number of nitrogens with zero attached hydrogens (tertiary/aromatic N) is 1. The summed E-state index contributed by atoms with van der Waals surface area (Å²) in [5, 5.41) is 8.94. The van der Waals surface area contributed by atoms with Crippen molar-refractivity contribution in [1.29, 1.82) is 0 Å². The first-order valence-electron chi connectivity index (χ1n) is 8.10. The maximum atomic E-state index is 8.94. The van der Waals surface area contributed by atoms with Crippen molar-refractivity contribution in [1.82, 2.24) is 4.98 Å². The lowest BCUT2D eigenvalue weighted by Crippen LogP contribution is -1.98. The van der Waals surface area contributed by atoms with E-state index in [1.165, 1.54) is 0 Å². The lowest BCUT2D eigenvalue weighted by molar-refractivity contribution is 0.354. The second-order valence-electron chi connectivity index (χ2n) is 5.83. The number of hydrogen-bond acceptors (Lipinski definition) is 6. The third-order valence-electron chi connectivity index (χ3n) is 4.16. The fourth-order valence-corrected chi connectivity index (χ4v) is 2.80. The number of hydrogen-bond donors (Lipinski definition) is 3. The molecule has 2 aromatic carbocycles. The molecule has 0 atom stereocenters. The quantitative estimate of drug-likeness (QED) is 0.586. The smallest absolute Gasteiger partial charge is 0.160 e. The summed E-state index contributed by atoms with van der Waals surface area (Å²) in [5.41, 5.74) is 12.7. The van der Waals surface area contributed by atoms with Crippen molar-refractivity contribution in [3.8, 4) is 22.6 Å². The van der Waals surface area contributed by atoms with Gasteiger partial charge in [-0.15, -0.1) is 0 Å². The Labute approximate surface area is 152 Å². The number of anilines is 2. The predicted octanol–water partition coefficient (Wildman–Crippen LogP) is 3.74. The number of nitrogen functional groups attached to an aromatic ring is 1. The van der Waals surface area contributed by atoms with Gasteiger partial charge in [0.1, 0.15) is 5.82 Å². The highest BCUT2D eigenvalue weighted by molar-refractivity contribution is 5.75. The minimum absolute atomic E-state index is 0.464. The van der Waals surface area contributed by atoms with Gasteiger partial charge in [-0.1, -0.05) is 18.2 Å². The molecule has 0 fully saturated rings. The average molecular weight is 351 g/mol. The molecule has 3 aromatic rings. The summed E-state index contributed by atoms with van der Waals surface area (Å²) in [7, 11) is 3.24. The van der Waals surface area contributed by atoms with Crippen LogP contribution in [-0.4, -0.2) is 24.4 Å². The Morgan fingerprint density at radius 3 is 2.35 bits per heavy atom. The van der Waals surface area contributed by atoms with Gasteiger partial charge >= 0.3 is 0 Å². The van der Waals surface area contributed by atoms with Gasteiger partial charge in [-0.25, -0.2) is 4.98 Å². The SMILES string of the molecule is COc1ccc(Cc2cnc(N)c(-c3ccc(NO)cc3)c2)cc1OC. The maximum absolute atomic E-state index is 8.94. The number of aromatic nitrogens is 1. The van der Waals surface area contributed by atoms with Crippen LogP contribution in [0.4, 0.5) is 11.5 Å². The van der Waals surface area contributed by atoms with Crippen molar-refractivity contribution in [2.45, 2.75) is 6.42 Å². The van der Waals surface area contributed by atoms with E-state index in [1.54, 1.807) is 32.5 Å². The molecule has 0 saturated carbocycles. The fourth-order valence-electron chi connectivity index (χ4n) is 2.80. The highest BCUT2D eigenvalue weighted by Crippen LogP contribution is 2.30. The summed E-state index contributed by atoms with van der Waals surface area (Å²) < 4.78 is 10.6. The predicted molar refractivity (Wildman–Crippen MR) is 102 cm³/mol. The molecular formula is C20H21N3O3. The molecule has 134 valence electrons. The molecule has 0 unspecified atom stereocenters. The van der Waals surface area contributed by atoms with Gasteiger partial charge in [-0.3, -0.25) is 10.7 Å². The van der Waals surface area contributed by atoms with Crippen LogP contribution in [0.15, 0.2) is 54.7 Å². The standard InChI is InChI=1S/C20H21N3O3/c1-25-18-8-3-13(11-19(18)26-2)9-14-10-17(20(21)22-12-14)15-4-6-16(23-24)7-5-15/h3-8,10-12,23-24H,9H2,1-2H3,(H2,21,22). The third kappa shape index (κ3) is 3.70. The molecule has 1 heterocycles. The van der Waals surface area contributed by atoms with Crippen LogP contribution in [0.3, 0.4) is 0 Å². The van der Waals surface area contributed by atoms with Crippen LogP contribution < -0.4 is 20.7 Å². The molecule has 4 N–H and O–H groups in total. The summed E-state index contributed by atoms with van der Waals surface area (Å²) in [6.07, 6.45) is 2.47. The van der Waals surface area contributed by atoms with Gasteiger partial charge < -0.3 is 15.2 Å². The average Bonchev–Trinajstić information content (AvgIpc) is 2.69. The van der Waals surface area contributed by atoms with E-state index >= 15 is 0 Å². The molecule has 26 heavy (non-hydrogen) atoms. The van der Waals surface area contributed by atoms with Crippen LogP contribution in [0, 0.1) is 0 Å². The zero-order chi connectivity index (χ0) is 18.5. The fraction of sp³-hybridized carbons (Fsp3) is 0.150. The number of nitrogens with two attached hydrogens (primary N) is 1. The first kappa shape index (κ1) is 17.6. The van der Waals surface area contributed by atoms with Crippen molar-refractivity contribution in [2.24, 2.45) is 0 Å². The van der Waals surface area contributed by atoms with E-state index in [0.29, 0.717) is 29.4 Å². The summed E-state index contributed by atoms with van der Waals surface area (Å²) in [6, 6.07) is 15.2. The molecule has 3 rings (SSSR count). The van der Waals surface area contributed by atoms with Gasteiger partial charge in [0.25, 0.3) is 0 Å².